The molecule has 1 aromatic carbocycles. The summed E-state index contributed by atoms with van der Waals surface area (Å²) in [5.74, 6) is 0.0578. The molecule has 17 heavy (non-hydrogen) atoms. The number of rotatable bonds is 2. The first-order valence-electron chi connectivity index (χ1n) is 5.08. The lowest BCUT2D eigenvalue weighted by Crippen LogP contribution is -2.17. The molecule has 0 fully saturated rings. The fourth-order valence-corrected chi connectivity index (χ4v) is 1.34. The van der Waals surface area contributed by atoms with Crippen LogP contribution in [-0.2, 0) is 0 Å². The Hall–Kier alpha value is -2.43. The molecule has 0 unspecified atom stereocenters. The summed E-state index contributed by atoms with van der Waals surface area (Å²) in [6, 6.07) is 8.68. The highest BCUT2D eigenvalue weighted by molar-refractivity contribution is 6.03. The zero-order chi connectivity index (χ0) is 12.3. The van der Waals surface area contributed by atoms with Crippen LogP contribution in [0.25, 0.3) is 0 Å². The lowest BCUT2D eigenvalue weighted by atomic mass is 10.1. The molecule has 0 atom stereocenters. The quantitative estimate of drug-likeness (QED) is 0.815. The van der Waals surface area contributed by atoms with E-state index in [1.807, 2.05) is 19.1 Å². The summed E-state index contributed by atoms with van der Waals surface area (Å²) in [4.78, 5) is 28.6. The fraction of sp³-hybridized carbons (Fsp3) is 0.0833. The number of aryl methyl sites for hydroxylation is 1. The van der Waals surface area contributed by atoms with E-state index >= 15 is 0 Å². The molecule has 5 heteroatoms. The van der Waals surface area contributed by atoms with Crippen LogP contribution in [0, 0.1) is 6.92 Å². The molecule has 1 amide bonds. The molecule has 86 valence electrons. The van der Waals surface area contributed by atoms with E-state index in [1.165, 1.54) is 12.3 Å². The van der Waals surface area contributed by atoms with Gasteiger partial charge in [0.2, 0.25) is 0 Å². The molecule has 0 saturated heterocycles. The first kappa shape index (κ1) is 11.1. The average Bonchev–Trinajstić information content (AvgIpc) is 2.29. The molecule has 0 aliphatic heterocycles. The summed E-state index contributed by atoms with van der Waals surface area (Å²) in [6.07, 6.45) is 1.34. The van der Waals surface area contributed by atoms with Crippen LogP contribution >= 0.6 is 0 Å². The van der Waals surface area contributed by atoms with Gasteiger partial charge in [-0.15, -0.1) is 0 Å². The summed E-state index contributed by atoms with van der Waals surface area (Å²) in [5, 5.41) is 2.58. The minimum atomic E-state index is -0.494. The fourth-order valence-electron chi connectivity index (χ4n) is 1.34. The van der Waals surface area contributed by atoms with E-state index in [0.29, 0.717) is 11.4 Å². The maximum atomic E-state index is 11.8. The number of aromatic nitrogens is 2. The van der Waals surface area contributed by atoms with Gasteiger partial charge in [0.1, 0.15) is 5.82 Å². The smallest absolute Gasteiger partial charge is 0.308 e. The van der Waals surface area contributed by atoms with Gasteiger partial charge in [0.15, 0.2) is 0 Å². The van der Waals surface area contributed by atoms with Gasteiger partial charge >= 0.3 is 5.69 Å². The van der Waals surface area contributed by atoms with Gasteiger partial charge in [0.05, 0.1) is 0 Å². The van der Waals surface area contributed by atoms with Crippen molar-refractivity contribution in [1.29, 1.82) is 0 Å². The molecule has 0 aliphatic rings. The lowest BCUT2D eigenvalue weighted by molar-refractivity contribution is 0.102. The number of hydrogen-bond acceptors (Lipinski definition) is 3. The van der Waals surface area contributed by atoms with E-state index in [4.69, 9.17) is 0 Å². The van der Waals surface area contributed by atoms with Gasteiger partial charge in [-0.05, 0) is 25.1 Å². The Bertz CT molecular complexity index is 587. The van der Waals surface area contributed by atoms with Crippen molar-refractivity contribution < 1.29 is 4.79 Å². The van der Waals surface area contributed by atoms with Crippen LogP contribution in [0.15, 0.2) is 41.3 Å². The standard InChI is InChI=1S/C12H11N3O2/c1-8-2-4-9(5-3-8)11(16)14-10-6-7-13-12(17)15-10/h2-7H,1H3,(H2,13,14,15,16,17). The summed E-state index contributed by atoms with van der Waals surface area (Å²) < 4.78 is 0. The van der Waals surface area contributed by atoms with Gasteiger partial charge in [-0.3, -0.25) is 9.78 Å². The summed E-state index contributed by atoms with van der Waals surface area (Å²) in [6.45, 7) is 1.95. The number of nitrogens with one attached hydrogen (secondary N) is 2. The number of H-pyrrole nitrogens is 1. The van der Waals surface area contributed by atoms with E-state index in [-0.39, 0.29) is 5.91 Å². The first-order valence-corrected chi connectivity index (χ1v) is 5.08. The van der Waals surface area contributed by atoms with Crippen molar-refractivity contribution in [3.05, 3.63) is 58.1 Å². The molecule has 0 saturated carbocycles. The predicted octanol–water partition coefficient (Wildman–Crippen LogP) is 1.33. The van der Waals surface area contributed by atoms with Crippen molar-refractivity contribution in [2.24, 2.45) is 0 Å². The number of nitrogens with zero attached hydrogens (tertiary/aromatic N) is 1. The number of carbonyl (C=O) groups excluding carboxylic acids is 1. The third kappa shape index (κ3) is 2.78. The molecular formula is C12H11N3O2. The van der Waals surface area contributed by atoms with Crippen molar-refractivity contribution in [3.63, 3.8) is 0 Å². The minimum absolute atomic E-state index is 0.271. The first-order chi connectivity index (χ1) is 8.15. The molecule has 0 spiro atoms. The van der Waals surface area contributed by atoms with E-state index in [0.717, 1.165) is 5.56 Å². The van der Waals surface area contributed by atoms with Crippen LogP contribution in [0.2, 0.25) is 0 Å². The second-order valence-electron chi connectivity index (χ2n) is 3.61. The SMILES string of the molecule is Cc1ccc(C(=O)Nc2ccnc(=O)[nH]2)cc1. The second kappa shape index (κ2) is 4.61. The number of amides is 1. The highest BCUT2D eigenvalue weighted by Crippen LogP contribution is 2.06. The van der Waals surface area contributed by atoms with Gasteiger partial charge < -0.3 is 5.32 Å². The zero-order valence-electron chi connectivity index (χ0n) is 9.23. The molecular weight excluding hydrogens is 218 g/mol. The van der Waals surface area contributed by atoms with Gasteiger partial charge in [0, 0.05) is 11.8 Å². The Morgan fingerprint density at radius 3 is 2.59 bits per heavy atom. The number of benzene rings is 1. The molecule has 2 rings (SSSR count). The predicted molar refractivity (Wildman–Crippen MR) is 64.0 cm³/mol. The molecule has 5 nitrogen and oxygen atoms in total. The Labute approximate surface area is 97.5 Å². The molecule has 2 N–H and O–H groups in total. The molecule has 0 aliphatic carbocycles. The normalized spacial score (nSPS) is 9.94. The largest absolute Gasteiger partial charge is 0.346 e. The number of aromatic amines is 1. The minimum Gasteiger partial charge on any atom is -0.308 e. The van der Waals surface area contributed by atoms with Crippen LogP contribution in [0.1, 0.15) is 15.9 Å². The molecule has 0 bridgehead atoms. The maximum Gasteiger partial charge on any atom is 0.346 e. The highest BCUT2D eigenvalue weighted by Gasteiger charge is 2.05. The number of hydrogen-bond donors (Lipinski definition) is 2. The lowest BCUT2D eigenvalue weighted by Gasteiger charge is -2.04. The molecule has 1 aromatic heterocycles. The van der Waals surface area contributed by atoms with Gasteiger partial charge in [-0.2, -0.15) is 0 Å². The van der Waals surface area contributed by atoms with Crippen LogP contribution in [-0.4, -0.2) is 15.9 Å². The average molecular weight is 229 g/mol. The maximum absolute atomic E-state index is 11.8. The Morgan fingerprint density at radius 1 is 1.24 bits per heavy atom. The third-order valence-electron chi connectivity index (χ3n) is 2.24. The monoisotopic (exact) mass is 229 g/mol. The van der Waals surface area contributed by atoms with Crippen molar-refractivity contribution in [2.45, 2.75) is 6.92 Å². The van der Waals surface area contributed by atoms with Crippen LogP contribution in [0.4, 0.5) is 5.82 Å². The van der Waals surface area contributed by atoms with Crippen LogP contribution in [0.3, 0.4) is 0 Å². The van der Waals surface area contributed by atoms with Crippen LogP contribution < -0.4 is 11.0 Å². The second-order valence-corrected chi connectivity index (χ2v) is 3.61. The zero-order valence-corrected chi connectivity index (χ0v) is 9.23. The Kier molecular flexibility index (Phi) is 3.00. The summed E-state index contributed by atoms with van der Waals surface area (Å²) in [7, 11) is 0. The van der Waals surface area contributed by atoms with Crippen molar-refractivity contribution >= 4 is 11.7 Å². The Morgan fingerprint density at radius 2 is 1.94 bits per heavy atom. The highest BCUT2D eigenvalue weighted by atomic mass is 16.2. The van der Waals surface area contributed by atoms with Crippen molar-refractivity contribution in [2.75, 3.05) is 5.32 Å². The number of anilines is 1. The van der Waals surface area contributed by atoms with E-state index in [2.05, 4.69) is 15.3 Å². The van der Waals surface area contributed by atoms with Crippen molar-refractivity contribution in [1.82, 2.24) is 9.97 Å². The van der Waals surface area contributed by atoms with Gasteiger partial charge in [-0.1, -0.05) is 17.7 Å². The van der Waals surface area contributed by atoms with Crippen molar-refractivity contribution in [3.8, 4) is 0 Å². The van der Waals surface area contributed by atoms with E-state index < -0.39 is 5.69 Å². The molecule has 2 aromatic rings. The molecule has 0 radical (unpaired) electrons. The Balaban J connectivity index is 2.17. The van der Waals surface area contributed by atoms with E-state index in [9.17, 15) is 9.59 Å². The van der Waals surface area contributed by atoms with Gasteiger partial charge in [-0.25, -0.2) is 9.78 Å². The topological polar surface area (TPSA) is 74.8 Å². The van der Waals surface area contributed by atoms with E-state index in [1.54, 1.807) is 12.1 Å². The summed E-state index contributed by atoms with van der Waals surface area (Å²) >= 11 is 0. The van der Waals surface area contributed by atoms with Crippen LogP contribution in [0.5, 0.6) is 0 Å². The summed E-state index contributed by atoms with van der Waals surface area (Å²) in [5.41, 5.74) is 1.12. The molecule has 1 heterocycles. The number of carbonyl (C=O) groups is 1. The van der Waals surface area contributed by atoms with Gasteiger partial charge in [0.25, 0.3) is 5.91 Å². The third-order valence-corrected chi connectivity index (χ3v) is 2.24.